The summed E-state index contributed by atoms with van der Waals surface area (Å²) in [4.78, 5) is 31.0. The van der Waals surface area contributed by atoms with Gasteiger partial charge in [0.25, 0.3) is 11.8 Å². The fourth-order valence-corrected chi connectivity index (χ4v) is 3.40. The van der Waals surface area contributed by atoms with Crippen LogP contribution in [0.3, 0.4) is 0 Å². The number of nitrogens with zero attached hydrogens (tertiary/aromatic N) is 2. The molecule has 0 atom stereocenters. The number of piperidine rings is 1. The second-order valence-corrected chi connectivity index (χ2v) is 7.51. The number of amides is 2. The molecule has 6 heteroatoms. The highest BCUT2D eigenvalue weighted by molar-refractivity contribution is 6.30. The van der Waals surface area contributed by atoms with E-state index in [1.54, 1.807) is 6.07 Å². The van der Waals surface area contributed by atoms with Crippen molar-refractivity contribution in [2.75, 3.05) is 19.6 Å². The van der Waals surface area contributed by atoms with Gasteiger partial charge in [0.05, 0.1) is 11.1 Å². The van der Waals surface area contributed by atoms with Crippen LogP contribution < -0.4 is 5.32 Å². The van der Waals surface area contributed by atoms with Crippen molar-refractivity contribution in [3.63, 3.8) is 0 Å². The standard InChI is InChI=1S/C21H24ClN3O2/c1-15-6-9-25(10-7-15)21(27)18-12-17(13-23-14-18)20(26)24-8-5-16-3-2-4-19(22)11-16/h2-4,11-15H,5-10H2,1H3,(H,24,26). The average Bonchev–Trinajstić information content (AvgIpc) is 2.68. The molecule has 1 aliphatic rings. The van der Waals surface area contributed by atoms with Crippen molar-refractivity contribution in [3.05, 3.63) is 64.4 Å². The summed E-state index contributed by atoms with van der Waals surface area (Å²) in [5, 5.41) is 3.55. The molecule has 1 N–H and O–H groups in total. The summed E-state index contributed by atoms with van der Waals surface area (Å²) in [6.45, 7) is 4.21. The first-order valence-electron chi connectivity index (χ1n) is 9.30. The molecular formula is C21H24ClN3O2. The number of benzene rings is 1. The zero-order valence-electron chi connectivity index (χ0n) is 15.5. The monoisotopic (exact) mass is 385 g/mol. The van der Waals surface area contributed by atoms with Gasteiger partial charge in [0.1, 0.15) is 0 Å². The topological polar surface area (TPSA) is 62.3 Å². The first-order chi connectivity index (χ1) is 13.0. The summed E-state index contributed by atoms with van der Waals surface area (Å²) in [5.41, 5.74) is 1.92. The minimum Gasteiger partial charge on any atom is -0.352 e. The van der Waals surface area contributed by atoms with Crippen molar-refractivity contribution < 1.29 is 9.59 Å². The molecule has 1 aromatic heterocycles. The van der Waals surface area contributed by atoms with Crippen LogP contribution in [0.5, 0.6) is 0 Å². The normalized spacial score (nSPS) is 14.8. The molecule has 0 unspecified atom stereocenters. The van der Waals surface area contributed by atoms with Crippen LogP contribution in [-0.4, -0.2) is 41.3 Å². The minimum absolute atomic E-state index is 0.0528. The fraction of sp³-hybridized carbons (Fsp3) is 0.381. The quantitative estimate of drug-likeness (QED) is 0.855. The van der Waals surface area contributed by atoms with Gasteiger partial charge in [-0.25, -0.2) is 0 Å². The fourth-order valence-electron chi connectivity index (χ4n) is 3.19. The molecule has 2 amide bonds. The second kappa shape index (κ2) is 9.00. The van der Waals surface area contributed by atoms with Crippen LogP contribution in [-0.2, 0) is 6.42 Å². The molecule has 0 saturated carbocycles. The van der Waals surface area contributed by atoms with Gasteiger partial charge in [0.2, 0.25) is 0 Å². The molecule has 1 fully saturated rings. The van der Waals surface area contributed by atoms with E-state index in [-0.39, 0.29) is 11.8 Å². The van der Waals surface area contributed by atoms with Crippen molar-refractivity contribution in [1.29, 1.82) is 0 Å². The molecule has 0 bridgehead atoms. The summed E-state index contributed by atoms with van der Waals surface area (Å²) in [7, 11) is 0. The lowest BCUT2D eigenvalue weighted by molar-refractivity contribution is 0.0697. The lowest BCUT2D eigenvalue weighted by Gasteiger charge is -2.30. The zero-order valence-corrected chi connectivity index (χ0v) is 16.2. The number of nitrogens with one attached hydrogen (secondary N) is 1. The van der Waals surface area contributed by atoms with E-state index in [4.69, 9.17) is 11.6 Å². The minimum atomic E-state index is -0.230. The van der Waals surface area contributed by atoms with Crippen LogP contribution >= 0.6 is 11.6 Å². The predicted octanol–water partition coefficient (Wildman–Crippen LogP) is 3.58. The summed E-state index contributed by atoms with van der Waals surface area (Å²) in [5.74, 6) is 0.373. The molecule has 5 nitrogen and oxygen atoms in total. The Kier molecular flexibility index (Phi) is 6.45. The van der Waals surface area contributed by atoms with Gasteiger partial charge in [0.15, 0.2) is 0 Å². The van der Waals surface area contributed by atoms with Crippen LogP contribution in [0.25, 0.3) is 0 Å². The molecule has 1 aromatic carbocycles. The second-order valence-electron chi connectivity index (χ2n) is 7.07. The van der Waals surface area contributed by atoms with Crippen molar-refractivity contribution in [1.82, 2.24) is 15.2 Å². The summed E-state index contributed by atoms with van der Waals surface area (Å²) >= 11 is 5.97. The third-order valence-electron chi connectivity index (χ3n) is 4.91. The van der Waals surface area contributed by atoms with Crippen LogP contribution in [0.1, 0.15) is 46.0 Å². The molecule has 142 valence electrons. The molecule has 0 spiro atoms. The van der Waals surface area contributed by atoms with E-state index >= 15 is 0 Å². The van der Waals surface area contributed by atoms with Gasteiger partial charge < -0.3 is 10.2 Å². The van der Waals surface area contributed by atoms with E-state index in [9.17, 15) is 9.59 Å². The molecule has 3 rings (SSSR count). The smallest absolute Gasteiger partial charge is 0.255 e. The van der Waals surface area contributed by atoms with Gasteiger partial charge in [-0.2, -0.15) is 0 Å². The number of halogens is 1. The number of hydrogen-bond acceptors (Lipinski definition) is 3. The van der Waals surface area contributed by atoms with E-state index in [1.807, 2.05) is 29.2 Å². The molecular weight excluding hydrogens is 362 g/mol. The average molecular weight is 386 g/mol. The van der Waals surface area contributed by atoms with E-state index in [2.05, 4.69) is 17.2 Å². The van der Waals surface area contributed by atoms with Crippen molar-refractivity contribution in [3.8, 4) is 0 Å². The SMILES string of the molecule is CC1CCN(C(=O)c2cncc(C(=O)NCCc3cccc(Cl)c3)c2)CC1. The molecule has 2 heterocycles. The lowest BCUT2D eigenvalue weighted by atomic mass is 9.98. The van der Waals surface area contributed by atoms with Gasteiger partial charge in [-0.3, -0.25) is 14.6 Å². The third kappa shape index (κ3) is 5.30. The maximum atomic E-state index is 12.7. The Morgan fingerprint density at radius 2 is 1.93 bits per heavy atom. The van der Waals surface area contributed by atoms with Crippen LogP contribution in [0, 0.1) is 5.92 Å². The van der Waals surface area contributed by atoms with Crippen LogP contribution in [0.2, 0.25) is 5.02 Å². The number of carbonyl (C=O) groups is 2. The Hall–Kier alpha value is -2.40. The lowest BCUT2D eigenvalue weighted by Crippen LogP contribution is -2.38. The van der Waals surface area contributed by atoms with Gasteiger partial charge in [-0.15, -0.1) is 0 Å². The van der Waals surface area contributed by atoms with Gasteiger partial charge in [0, 0.05) is 37.1 Å². The molecule has 0 aliphatic carbocycles. The Morgan fingerprint density at radius 1 is 1.19 bits per heavy atom. The number of hydrogen-bond donors (Lipinski definition) is 1. The summed E-state index contributed by atoms with van der Waals surface area (Å²) in [6.07, 6.45) is 5.74. The van der Waals surface area contributed by atoms with Gasteiger partial charge >= 0.3 is 0 Å². The Balaban J connectivity index is 1.57. The molecule has 1 aliphatic heterocycles. The van der Waals surface area contributed by atoms with E-state index in [0.29, 0.717) is 35.0 Å². The maximum absolute atomic E-state index is 12.7. The summed E-state index contributed by atoms with van der Waals surface area (Å²) in [6, 6.07) is 9.19. The van der Waals surface area contributed by atoms with Crippen molar-refractivity contribution in [2.24, 2.45) is 5.92 Å². The first-order valence-corrected chi connectivity index (χ1v) is 9.67. The molecule has 27 heavy (non-hydrogen) atoms. The van der Waals surface area contributed by atoms with E-state index < -0.39 is 0 Å². The number of aromatic nitrogens is 1. The highest BCUT2D eigenvalue weighted by Gasteiger charge is 2.22. The Morgan fingerprint density at radius 3 is 2.67 bits per heavy atom. The summed E-state index contributed by atoms with van der Waals surface area (Å²) < 4.78 is 0. The Bertz CT molecular complexity index is 817. The number of pyridine rings is 1. The van der Waals surface area contributed by atoms with Crippen molar-refractivity contribution >= 4 is 23.4 Å². The Labute approximate surface area is 164 Å². The molecule has 2 aromatic rings. The number of carbonyl (C=O) groups excluding carboxylic acids is 2. The highest BCUT2D eigenvalue weighted by Crippen LogP contribution is 2.18. The molecule has 1 saturated heterocycles. The van der Waals surface area contributed by atoms with Crippen LogP contribution in [0.4, 0.5) is 0 Å². The molecule has 0 radical (unpaired) electrons. The highest BCUT2D eigenvalue weighted by atomic mass is 35.5. The van der Waals surface area contributed by atoms with E-state index in [1.165, 1.54) is 12.4 Å². The third-order valence-corrected chi connectivity index (χ3v) is 5.14. The number of likely N-dealkylation sites (tertiary alicyclic amines) is 1. The largest absolute Gasteiger partial charge is 0.352 e. The first kappa shape index (κ1) is 19.4. The predicted molar refractivity (Wildman–Crippen MR) is 106 cm³/mol. The van der Waals surface area contributed by atoms with Crippen LogP contribution in [0.15, 0.2) is 42.7 Å². The van der Waals surface area contributed by atoms with E-state index in [0.717, 1.165) is 31.5 Å². The maximum Gasteiger partial charge on any atom is 0.255 e. The van der Waals surface area contributed by atoms with Gasteiger partial charge in [-0.05, 0) is 48.9 Å². The number of rotatable bonds is 5. The van der Waals surface area contributed by atoms with Crippen molar-refractivity contribution in [2.45, 2.75) is 26.2 Å². The zero-order chi connectivity index (χ0) is 19.2. The van der Waals surface area contributed by atoms with Gasteiger partial charge in [-0.1, -0.05) is 30.7 Å².